The van der Waals surface area contributed by atoms with Gasteiger partial charge in [-0.2, -0.15) is 5.10 Å². The lowest BCUT2D eigenvalue weighted by molar-refractivity contribution is 0.792. The minimum absolute atomic E-state index is 1.01. The SMILES string of the molecule is CNCCc1cn[nH]c1. The zero-order valence-electron chi connectivity index (χ0n) is 5.52. The van der Waals surface area contributed by atoms with E-state index in [2.05, 4.69) is 15.5 Å². The topological polar surface area (TPSA) is 40.7 Å². The van der Waals surface area contributed by atoms with Gasteiger partial charge >= 0.3 is 0 Å². The molecule has 0 unspecified atom stereocenters. The second-order valence-electron chi connectivity index (χ2n) is 1.96. The fourth-order valence-electron chi connectivity index (χ4n) is 0.684. The van der Waals surface area contributed by atoms with Crippen LogP contribution in [0.1, 0.15) is 5.56 Å². The predicted octanol–water partition coefficient (Wildman–Crippen LogP) is 0.172. The number of hydrogen-bond acceptors (Lipinski definition) is 2. The number of H-pyrrole nitrogens is 1. The summed E-state index contributed by atoms with van der Waals surface area (Å²) in [4.78, 5) is 0. The van der Waals surface area contributed by atoms with Crippen LogP contribution in [0.2, 0.25) is 0 Å². The van der Waals surface area contributed by atoms with Crippen LogP contribution in [0, 0.1) is 0 Å². The lowest BCUT2D eigenvalue weighted by atomic mass is 10.3. The number of aromatic nitrogens is 2. The van der Waals surface area contributed by atoms with Gasteiger partial charge in [-0.1, -0.05) is 0 Å². The number of nitrogens with one attached hydrogen (secondary N) is 2. The van der Waals surface area contributed by atoms with Gasteiger partial charge in [0.15, 0.2) is 0 Å². The Morgan fingerprint density at radius 2 is 2.67 bits per heavy atom. The average molecular weight is 125 g/mol. The summed E-state index contributed by atoms with van der Waals surface area (Å²) in [5.41, 5.74) is 1.25. The van der Waals surface area contributed by atoms with Gasteiger partial charge < -0.3 is 5.32 Å². The Hall–Kier alpha value is -0.830. The van der Waals surface area contributed by atoms with E-state index in [1.165, 1.54) is 5.56 Å². The highest BCUT2D eigenvalue weighted by Crippen LogP contribution is 1.92. The van der Waals surface area contributed by atoms with Crippen LogP contribution in [0.4, 0.5) is 0 Å². The number of aromatic amines is 1. The third-order valence-corrected chi connectivity index (χ3v) is 1.22. The van der Waals surface area contributed by atoms with Gasteiger partial charge in [0.05, 0.1) is 6.20 Å². The van der Waals surface area contributed by atoms with E-state index in [0.29, 0.717) is 0 Å². The van der Waals surface area contributed by atoms with Crippen molar-refractivity contribution >= 4 is 0 Å². The molecule has 1 heterocycles. The van der Waals surface area contributed by atoms with Gasteiger partial charge in [0, 0.05) is 6.20 Å². The zero-order valence-corrected chi connectivity index (χ0v) is 5.52. The number of nitrogens with zero attached hydrogens (tertiary/aromatic N) is 1. The minimum atomic E-state index is 1.01. The molecule has 0 aliphatic carbocycles. The number of rotatable bonds is 3. The van der Waals surface area contributed by atoms with Gasteiger partial charge in [0.25, 0.3) is 0 Å². The molecule has 3 heteroatoms. The zero-order chi connectivity index (χ0) is 6.53. The van der Waals surface area contributed by atoms with Crippen LogP contribution in [0.15, 0.2) is 12.4 Å². The fourth-order valence-corrected chi connectivity index (χ4v) is 0.684. The van der Waals surface area contributed by atoms with Crippen molar-refractivity contribution in [1.29, 1.82) is 0 Å². The molecule has 0 aromatic carbocycles. The first-order valence-corrected chi connectivity index (χ1v) is 3.05. The van der Waals surface area contributed by atoms with Crippen LogP contribution in [-0.2, 0) is 6.42 Å². The van der Waals surface area contributed by atoms with Gasteiger partial charge in [-0.05, 0) is 25.6 Å². The average Bonchev–Trinajstić information content (AvgIpc) is 2.34. The van der Waals surface area contributed by atoms with Gasteiger partial charge in [0.1, 0.15) is 0 Å². The van der Waals surface area contributed by atoms with E-state index in [1.807, 2.05) is 19.4 Å². The van der Waals surface area contributed by atoms with E-state index in [9.17, 15) is 0 Å². The second kappa shape index (κ2) is 3.25. The normalized spacial score (nSPS) is 9.89. The molecule has 0 radical (unpaired) electrons. The maximum absolute atomic E-state index is 3.82. The predicted molar refractivity (Wildman–Crippen MR) is 36.2 cm³/mol. The molecule has 50 valence electrons. The summed E-state index contributed by atoms with van der Waals surface area (Å²) in [6.07, 6.45) is 4.81. The Kier molecular flexibility index (Phi) is 2.27. The fraction of sp³-hybridized carbons (Fsp3) is 0.500. The van der Waals surface area contributed by atoms with Crippen molar-refractivity contribution in [2.24, 2.45) is 0 Å². The maximum atomic E-state index is 3.82. The quantitative estimate of drug-likeness (QED) is 0.604. The van der Waals surface area contributed by atoms with Crippen LogP contribution in [0.5, 0.6) is 0 Å². The van der Waals surface area contributed by atoms with Crippen LogP contribution in [0.25, 0.3) is 0 Å². The van der Waals surface area contributed by atoms with Crippen molar-refractivity contribution in [3.63, 3.8) is 0 Å². The van der Waals surface area contributed by atoms with Crippen LogP contribution in [0.3, 0.4) is 0 Å². The Balaban J connectivity index is 2.30. The first-order chi connectivity index (χ1) is 4.43. The molecule has 0 saturated heterocycles. The van der Waals surface area contributed by atoms with Crippen molar-refractivity contribution < 1.29 is 0 Å². The summed E-state index contributed by atoms with van der Waals surface area (Å²) in [6.45, 7) is 1.01. The van der Waals surface area contributed by atoms with Crippen LogP contribution >= 0.6 is 0 Å². The molecule has 0 fully saturated rings. The van der Waals surface area contributed by atoms with E-state index >= 15 is 0 Å². The minimum Gasteiger partial charge on any atom is -0.319 e. The summed E-state index contributed by atoms with van der Waals surface area (Å²) in [7, 11) is 1.94. The van der Waals surface area contributed by atoms with E-state index in [-0.39, 0.29) is 0 Å². The van der Waals surface area contributed by atoms with Crippen molar-refractivity contribution in [2.45, 2.75) is 6.42 Å². The Bertz CT molecular complexity index is 145. The molecule has 2 N–H and O–H groups in total. The molecule has 0 aliphatic heterocycles. The molecular weight excluding hydrogens is 114 g/mol. The van der Waals surface area contributed by atoms with Gasteiger partial charge in [-0.15, -0.1) is 0 Å². The Morgan fingerprint density at radius 3 is 3.22 bits per heavy atom. The lowest BCUT2D eigenvalue weighted by Crippen LogP contribution is -2.09. The first kappa shape index (κ1) is 6.29. The summed E-state index contributed by atoms with van der Waals surface area (Å²) >= 11 is 0. The van der Waals surface area contributed by atoms with Gasteiger partial charge in [0.2, 0.25) is 0 Å². The number of likely N-dealkylation sites (N-methyl/N-ethyl adjacent to an activating group) is 1. The smallest absolute Gasteiger partial charge is 0.0519 e. The van der Waals surface area contributed by atoms with Crippen molar-refractivity contribution in [3.8, 4) is 0 Å². The molecule has 3 nitrogen and oxygen atoms in total. The summed E-state index contributed by atoms with van der Waals surface area (Å²) in [6, 6.07) is 0. The molecule has 1 rings (SSSR count). The molecule has 0 amide bonds. The maximum Gasteiger partial charge on any atom is 0.0519 e. The second-order valence-corrected chi connectivity index (χ2v) is 1.96. The molecule has 9 heavy (non-hydrogen) atoms. The van der Waals surface area contributed by atoms with E-state index in [4.69, 9.17) is 0 Å². The molecule has 1 aromatic rings. The highest BCUT2D eigenvalue weighted by Gasteiger charge is 1.89. The molecule has 0 bridgehead atoms. The van der Waals surface area contributed by atoms with Crippen LogP contribution in [-0.4, -0.2) is 23.8 Å². The standard InChI is InChI=1S/C6H11N3/c1-7-3-2-6-4-8-9-5-6/h4-5,7H,2-3H2,1H3,(H,8,9). The Labute approximate surface area is 54.5 Å². The van der Waals surface area contributed by atoms with Crippen molar-refractivity contribution in [3.05, 3.63) is 18.0 Å². The summed E-state index contributed by atoms with van der Waals surface area (Å²) < 4.78 is 0. The van der Waals surface area contributed by atoms with Crippen molar-refractivity contribution in [2.75, 3.05) is 13.6 Å². The van der Waals surface area contributed by atoms with E-state index < -0.39 is 0 Å². The Morgan fingerprint density at radius 1 is 1.78 bits per heavy atom. The third kappa shape index (κ3) is 1.85. The molecule has 1 aromatic heterocycles. The van der Waals surface area contributed by atoms with Gasteiger partial charge in [-0.3, -0.25) is 5.10 Å². The monoisotopic (exact) mass is 125 g/mol. The van der Waals surface area contributed by atoms with E-state index in [1.54, 1.807) is 0 Å². The van der Waals surface area contributed by atoms with Crippen LogP contribution < -0.4 is 5.32 Å². The highest BCUT2D eigenvalue weighted by atomic mass is 15.1. The van der Waals surface area contributed by atoms with Gasteiger partial charge in [-0.25, -0.2) is 0 Å². The first-order valence-electron chi connectivity index (χ1n) is 3.05. The molecule has 0 saturated carbocycles. The summed E-state index contributed by atoms with van der Waals surface area (Å²) in [5, 5.41) is 9.65. The molecular formula is C6H11N3. The molecule has 0 spiro atoms. The third-order valence-electron chi connectivity index (χ3n) is 1.22. The highest BCUT2D eigenvalue weighted by molar-refractivity contribution is 5.02. The lowest BCUT2D eigenvalue weighted by Gasteiger charge is -1.92. The largest absolute Gasteiger partial charge is 0.319 e. The molecule has 0 aliphatic rings. The van der Waals surface area contributed by atoms with E-state index in [0.717, 1.165) is 13.0 Å². The van der Waals surface area contributed by atoms with Crippen molar-refractivity contribution in [1.82, 2.24) is 15.5 Å². The number of hydrogen-bond donors (Lipinski definition) is 2. The summed E-state index contributed by atoms with van der Waals surface area (Å²) in [5.74, 6) is 0. The molecule has 0 atom stereocenters.